The Balaban J connectivity index is 3.40. The molecular weight excluding hydrogens is 314 g/mol. The Kier molecular flexibility index (Phi) is 4.07. The maximum absolute atomic E-state index is 11.2. The van der Waals surface area contributed by atoms with Crippen molar-refractivity contribution in [1.29, 1.82) is 0 Å². The van der Waals surface area contributed by atoms with Crippen molar-refractivity contribution >= 4 is 56.7 Å². The van der Waals surface area contributed by atoms with Crippen molar-refractivity contribution in [3.05, 3.63) is 31.2 Å². The molecule has 0 N–H and O–H groups in total. The maximum Gasteiger partial charge on any atom is 0.339 e. The van der Waals surface area contributed by atoms with Crippen LogP contribution in [0, 0.1) is 0 Å². The molecule has 6 heteroatoms. The van der Waals surface area contributed by atoms with E-state index in [1.54, 1.807) is 0 Å². The van der Waals surface area contributed by atoms with Crippen molar-refractivity contribution in [1.82, 2.24) is 0 Å². The van der Waals surface area contributed by atoms with Gasteiger partial charge in [-0.3, -0.25) is 0 Å². The third-order valence-electron chi connectivity index (χ3n) is 1.51. The SMILES string of the molecule is COC(=O)c1cc(Cl)c(Br)c(Cl)c1Cl. The van der Waals surface area contributed by atoms with Crippen molar-refractivity contribution in [2.75, 3.05) is 7.11 Å². The summed E-state index contributed by atoms with van der Waals surface area (Å²) in [6.07, 6.45) is 0. The zero-order chi connectivity index (χ0) is 10.9. The molecule has 0 saturated carbocycles. The summed E-state index contributed by atoms with van der Waals surface area (Å²) in [5.41, 5.74) is 0.146. The Morgan fingerprint density at radius 3 is 2.43 bits per heavy atom. The van der Waals surface area contributed by atoms with Crippen LogP contribution in [0.2, 0.25) is 15.1 Å². The fraction of sp³-hybridized carbons (Fsp3) is 0.125. The van der Waals surface area contributed by atoms with Gasteiger partial charge in [-0.25, -0.2) is 4.79 Å². The van der Waals surface area contributed by atoms with E-state index in [2.05, 4.69) is 20.7 Å². The van der Waals surface area contributed by atoms with E-state index < -0.39 is 5.97 Å². The number of hydrogen-bond donors (Lipinski definition) is 0. The number of hydrogen-bond acceptors (Lipinski definition) is 2. The van der Waals surface area contributed by atoms with E-state index >= 15 is 0 Å². The van der Waals surface area contributed by atoms with Gasteiger partial charge in [0.2, 0.25) is 0 Å². The highest BCUT2D eigenvalue weighted by atomic mass is 79.9. The minimum absolute atomic E-state index is 0.120. The molecule has 0 heterocycles. The Hall–Kier alpha value is 0.0400. The van der Waals surface area contributed by atoms with Crippen LogP contribution in [0.4, 0.5) is 0 Å². The van der Waals surface area contributed by atoms with Crippen LogP contribution in [0.3, 0.4) is 0 Å². The molecule has 0 spiro atoms. The summed E-state index contributed by atoms with van der Waals surface area (Å²) in [6, 6.07) is 1.39. The first-order valence-electron chi connectivity index (χ1n) is 3.40. The molecule has 0 aliphatic carbocycles. The van der Waals surface area contributed by atoms with Gasteiger partial charge in [0.05, 0.1) is 32.2 Å². The molecule has 2 nitrogen and oxygen atoms in total. The summed E-state index contributed by atoms with van der Waals surface area (Å²) < 4.78 is 4.97. The largest absolute Gasteiger partial charge is 0.465 e. The Morgan fingerprint density at radius 1 is 1.36 bits per heavy atom. The lowest BCUT2D eigenvalue weighted by atomic mass is 10.2. The average Bonchev–Trinajstić information content (AvgIpc) is 2.19. The number of esters is 1. The van der Waals surface area contributed by atoms with Gasteiger partial charge in [0, 0.05) is 0 Å². The third-order valence-corrected chi connectivity index (χ3v) is 3.95. The number of methoxy groups -OCH3 is 1. The molecule has 0 aromatic heterocycles. The molecule has 0 aliphatic heterocycles. The molecule has 1 rings (SSSR count). The molecule has 0 aliphatic rings. The number of ether oxygens (including phenoxy) is 1. The first kappa shape index (κ1) is 12.1. The van der Waals surface area contributed by atoms with E-state index in [1.807, 2.05) is 0 Å². The topological polar surface area (TPSA) is 26.3 Å². The van der Waals surface area contributed by atoms with Crippen LogP contribution in [-0.2, 0) is 4.74 Å². The first-order valence-corrected chi connectivity index (χ1v) is 5.33. The van der Waals surface area contributed by atoms with Gasteiger partial charge in [0.1, 0.15) is 0 Å². The number of rotatable bonds is 1. The number of halogens is 4. The van der Waals surface area contributed by atoms with Crippen LogP contribution < -0.4 is 0 Å². The van der Waals surface area contributed by atoms with Gasteiger partial charge in [-0.2, -0.15) is 0 Å². The van der Waals surface area contributed by atoms with E-state index in [9.17, 15) is 4.79 Å². The quantitative estimate of drug-likeness (QED) is 0.441. The smallest absolute Gasteiger partial charge is 0.339 e. The van der Waals surface area contributed by atoms with E-state index in [0.717, 1.165) is 0 Å². The predicted octanol–water partition coefficient (Wildman–Crippen LogP) is 4.20. The lowest BCUT2D eigenvalue weighted by Gasteiger charge is -2.07. The second-order valence-corrected chi connectivity index (χ2v) is 4.30. The summed E-state index contributed by atoms with van der Waals surface area (Å²) in [5.74, 6) is -0.577. The minimum atomic E-state index is -0.577. The van der Waals surface area contributed by atoms with Crippen LogP contribution in [0.15, 0.2) is 10.5 Å². The molecule has 0 amide bonds. The fourth-order valence-electron chi connectivity index (χ4n) is 0.831. The summed E-state index contributed by atoms with van der Waals surface area (Å²) in [4.78, 5) is 11.2. The fourth-order valence-corrected chi connectivity index (χ4v) is 1.94. The average molecular weight is 318 g/mol. The third kappa shape index (κ3) is 2.16. The first-order chi connectivity index (χ1) is 6.49. The number of carbonyl (C=O) groups is 1. The molecule has 1 aromatic carbocycles. The van der Waals surface area contributed by atoms with E-state index in [0.29, 0.717) is 9.50 Å². The van der Waals surface area contributed by atoms with E-state index in [1.165, 1.54) is 13.2 Å². The van der Waals surface area contributed by atoms with Crippen molar-refractivity contribution in [2.24, 2.45) is 0 Å². The number of benzene rings is 1. The highest BCUT2D eigenvalue weighted by Gasteiger charge is 2.18. The molecule has 0 radical (unpaired) electrons. The minimum Gasteiger partial charge on any atom is -0.465 e. The molecule has 0 atom stereocenters. The van der Waals surface area contributed by atoms with Crippen LogP contribution in [0.1, 0.15) is 10.4 Å². The van der Waals surface area contributed by atoms with Gasteiger partial charge >= 0.3 is 5.97 Å². The van der Waals surface area contributed by atoms with Crippen LogP contribution in [-0.4, -0.2) is 13.1 Å². The molecule has 0 bridgehead atoms. The van der Waals surface area contributed by atoms with Crippen LogP contribution in [0.5, 0.6) is 0 Å². The molecule has 0 saturated heterocycles. The number of carbonyl (C=O) groups excluding carboxylic acids is 1. The summed E-state index contributed by atoms with van der Waals surface area (Å²) >= 11 is 20.6. The Bertz CT molecular complexity index is 393. The molecule has 76 valence electrons. The monoisotopic (exact) mass is 316 g/mol. The van der Waals surface area contributed by atoms with Gasteiger partial charge in [-0.1, -0.05) is 34.8 Å². The van der Waals surface area contributed by atoms with Gasteiger partial charge in [-0.15, -0.1) is 0 Å². The standard InChI is InChI=1S/C8H4BrCl3O2/c1-14-8(13)3-2-4(10)5(9)7(12)6(3)11/h2H,1H3. The van der Waals surface area contributed by atoms with Crippen molar-refractivity contribution < 1.29 is 9.53 Å². The van der Waals surface area contributed by atoms with Gasteiger partial charge in [0.15, 0.2) is 0 Å². The summed E-state index contributed by atoms with van der Waals surface area (Å²) in [5, 5.41) is 0.620. The molecule has 14 heavy (non-hydrogen) atoms. The molecule has 0 unspecified atom stereocenters. The van der Waals surface area contributed by atoms with Crippen LogP contribution in [0.25, 0.3) is 0 Å². The van der Waals surface area contributed by atoms with Crippen LogP contribution >= 0.6 is 50.7 Å². The summed E-state index contributed by atoms with van der Waals surface area (Å²) in [7, 11) is 1.25. The lowest BCUT2D eigenvalue weighted by Crippen LogP contribution is -2.02. The Morgan fingerprint density at radius 2 is 1.93 bits per heavy atom. The normalized spacial score (nSPS) is 10.1. The molecule has 1 aromatic rings. The van der Waals surface area contributed by atoms with Crippen molar-refractivity contribution in [3.63, 3.8) is 0 Å². The summed E-state index contributed by atoms with van der Waals surface area (Å²) in [6.45, 7) is 0. The zero-order valence-electron chi connectivity index (χ0n) is 6.91. The molecular formula is C8H4BrCl3O2. The van der Waals surface area contributed by atoms with Gasteiger partial charge < -0.3 is 4.74 Å². The zero-order valence-corrected chi connectivity index (χ0v) is 10.8. The second kappa shape index (κ2) is 4.71. The lowest BCUT2D eigenvalue weighted by molar-refractivity contribution is 0.0601. The van der Waals surface area contributed by atoms with Crippen molar-refractivity contribution in [3.8, 4) is 0 Å². The van der Waals surface area contributed by atoms with Gasteiger partial charge in [0.25, 0.3) is 0 Å². The Labute approximate surface area is 104 Å². The highest BCUT2D eigenvalue weighted by Crippen LogP contribution is 2.38. The van der Waals surface area contributed by atoms with Crippen molar-refractivity contribution in [2.45, 2.75) is 0 Å². The van der Waals surface area contributed by atoms with Gasteiger partial charge in [-0.05, 0) is 22.0 Å². The predicted molar refractivity (Wildman–Crippen MR) is 60.5 cm³/mol. The van der Waals surface area contributed by atoms with E-state index in [-0.39, 0.29) is 15.6 Å². The highest BCUT2D eigenvalue weighted by molar-refractivity contribution is 9.10. The second-order valence-electron chi connectivity index (χ2n) is 2.34. The van der Waals surface area contributed by atoms with E-state index in [4.69, 9.17) is 34.8 Å². The maximum atomic E-state index is 11.2. The molecule has 0 fully saturated rings.